The lowest BCUT2D eigenvalue weighted by molar-refractivity contribution is 0.0637. The molecule has 0 nitrogen and oxygen atoms in total. The average molecular weight is 295 g/mol. The Kier molecular flexibility index (Phi) is 9.69. The van der Waals surface area contributed by atoms with E-state index in [1.54, 1.807) is 0 Å². The van der Waals surface area contributed by atoms with Gasteiger partial charge in [-0.25, -0.2) is 0 Å². The molecule has 0 bridgehead atoms. The summed E-state index contributed by atoms with van der Waals surface area (Å²) >= 11 is 0. The van der Waals surface area contributed by atoms with E-state index < -0.39 is 0 Å². The lowest BCUT2D eigenvalue weighted by atomic mass is 9.62. The molecule has 1 fully saturated rings. The van der Waals surface area contributed by atoms with Gasteiger partial charge in [-0.3, -0.25) is 0 Å². The summed E-state index contributed by atoms with van der Waals surface area (Å²) in [4.78, 5) is 0. The molecule has 1 aliphatic rings. The fraction of sp³-hybridized carbons (Fsp3) is 1.00. The van der Waals surface area contributed by atoms with Gasteiger partial charge in [-0.15, -0.1) is 0 Å². The molecule has 1 saturated carbocycles. The van der Waals surface area contributed by atoms with Crippen LogP contribution in [-0.2, 0) is 0 Å². The Morgan fingerprint density at radius 3 is 2.00 bits per heavy atom. The van der Waals surface area contributed by atoms with Crippen LogP contribution in [0.1, 0.15) is 105 Å². The molecule has 0 aliphatic heterocycles. The van der Waals surface area contributed by atoms with Gasteiger partial charge < -0.3 is 0 Å². The van der Waals surface area contributed by atoms with Crippen molar-refractivity contribution in [1.29, 1.82) is 0 Å². The summed E-state index contributed by atoms with van der Waals surface area (Å²) in [6.45, 7) is 12.2. The first kappa shape index (κ1) is 19.0. The molecule has 0 saturated heterocycles. The van der Waals surface area contributed by atoms with E-state index in [0.717, 1.165) is 29.6 Å². The van der Waals surface area contributed by atoms with Crippen LogP contribution in [0.4, 0.5) is 0 Å². The minimum Gasteiger partial charge on any atom is -0.0654 e. The zero-order chi connectivity index (χ0) is 15.7. The fourth-order valence-electron chi connectivity index (χ4n) is 4.66. The van der Waals surface area contributed by atoms with Crippen LogP contribution in [0.2, 0.25) is 0 Å². The van der Waals surface area contributed by atoms with E-state index in [-0.39, 0.29) is 0 Å². The van der Waals surface area contributed by atoms with Crippen molar-refractivity contribution in [3.8, 4) is 0 Å². The van der Waals surface area contributed by atoms with E-state index in [0.29, 0.717) is 0 Å². The Balaban J connectivity index is 2.24. The second-order valence-corrected chi connectivity index (χ2v) is 8.17. The third-order valence-electron chi connectivity index (χ3n) is 6.24. The SMILES string of the molecule is CCCCCCCCC(CCC)C(C)CC1C(C)CC1C. The van der Waals surface area contributed by atoms with Crippen LogP contribution in [0.15, 0.2) is 0 Å². The first-order chi connectivity index (χ1) is 10.1. The van der Waals surface area contributed by atoms with Gasteiger partial charge in [-0.2, -0.15) is 0 Å². The van der Waals surface area contributed by atoms with Crippen LogP contribution in [0.3, 0.4) is 0 Å². The summed E-state index contributed by atoms with van der Waals surface area (Å²) in [5.74, 6) is 4.98. The number of hydrogen-bond donors (Lipinski definition) is 0. The average Bonchev–Trinajstić information content (AvgIpc) is 2.47. The summed E-state index contributed by atoms with van der Waals surface area (Å²) in [6.07, 6.45) is 16.0. The summed E-state index contributed by atoms with van der Waals surface area (Å²) in [7, 11) is 0. The predicted molar refractivity (Wildman–Crippen MR) is 96.6 cm³/mol. The summed E-state index contributed by atoms with van der Waals surface area (Å²) in [5.41, 5.74) is 0. The van der Waals surface area contributed by atoms with Crippen molar-refractivity contribution >= 4 is 0 Å². The fourth-order valence-corrected chi connectivity index (χ4v) is 4.66. The third kappa shape index (κ3) is 6.74. The van der Waals surface area contributed by atoms with Crippen LogP contribution >= 0.6 is 0 Å². The quantitative estimate of drug-likeness (QED) is 0.327. The molecule has 0 heterocycles. The van der Waals surface area contributed by atoms with Crippen molar-refractivity contribution in [2.45, 2.75) is 105 Å². The van der Waals surface area contributed by atoms with Gasteiger partial charge in [0.05, 0.1) is 0 Å². The zero-order valence-corrected chi connectivity index (χ0v) is 15.7. The first-order valence-electron chi connectivity index (χ1n) is 10.1. The van der Waals surface area contributed by atoms with Gasteiger partial charge in [0.2, 0.25) is 0 Å². The Labute approximate surface area is 135 Å². The molecule has 0 spiro atoms. The molecule has 126 valence electrons. The summed E-state index contributed by atoms with van der Waals surface area (Å²) in [5, 5.41) is 0. The topological polar surface area (TPSA) is 0 Å². The van der Waals surface area contributed by atoms with Crippen LogP contribution < -0.4 is 0 Å². The van der Waals surface area contributed by atoms with Gasteiger partial charge in [0.15, 0.2) is 0 Å². The van der Waals surface area contributed by atoms with Crippen LogP contribution in [-0.4, -0.2) is 0 Å². The maximum atomic E-state index is 2.55. The smallest absolute Gasteiger partial charge is 0.0360 e. The second-order valence-electron chi connectivity index (χ2n) is 8.17. The molecule has 1 rings (SSSR count). The van der Waals surface area contributed by atoms with Crippen LogP contribution in [0.25, 0.3) is 0 Å². The van der Waals surface area contributed by atoms with Gasteiger partial charge in [-0.05, 0) is 42.4 Å². The number of hydrogen-bond acceptors (Lipinski definition) is 0. The van der Waals surface area contributed by atoms with E-state index >= 15 is 0 Å². The Bertz CT molecular complexity index is 236. The van der Waals surface area contributed by atoms with Gasteiger partial charge in [0, 0.05) is 0 Å². The van der Waals surface area contributed by atoms with E-state index in [4.69, 9.17) is 0 Å². The van der Waals surface area contributed by atoms with E-state index in [9.17, 15) is 0 Å². The molecular formula is C21H42. The highest BCUT2D eigenvalue weighted by molar-refractivity contribution is 4.86. The highest BCUT2D eigenvalue weighted by atomic mass is 14.4. The predicted octanol–water partition coefficient (Wildman–Crippen LogP) is 7.47. The second kappa shape index (κ2) is 10.7. The summed E-state index contributed by atoms with van der Waals surface area (Å²) < 4.78 is 0. The van der Waals surface area contributed by atoms with Gasteiger partial charge >= 0.3 is 0 Å². The minimum absolute atomic E-state index is 0.954. The van der Waals surface area contributed by atoms with Crippen molar-refractivity contribution < 1.29 is 0 Å². The van der Waals surface area contributed by atoms with Crippen molar-refractivity contribution in [2.75, 3.05) is 0 Å². The van der Waals surface area contributed by atoms with Crippen molar-refractivity contribution in [1.82, 2.24) is 0 Å². The van der Waals surface area contributed by atoms with Crippen molar-refractivity contribution in [2.24, 2.45) is 29.6 Å². The van der Waals surface area contributed by atoms with Crippen LogP contribution in [0, 0.1) is 29.6 Å². The Hall–Kier alpha value is 0. The largest absolute Gasteiger partial charge is 0.0654 e. The number of rotatable bonds is 12. The molecule has 4 unspecified atom stereocenters. The van der Waals surface area contributed by atoms with Crippen LogP contribution in [0.5, 0.6) is 0 Å². The van der Waals surface area contributed by atoms with E-state index in [2.05, 4.69) is 34.6 Å². The maximum Gasteiger partial charge on any atom is -0.0360 e. The Morgan fingerprint density at radius 2 is 1.43 bits per heavy atom. The molecule has 0 amide bonds. The molecule has 1 aliphatic carbocycles. The highest BCUT2D eigenvalue weighted by Gasteiger charge is 2.36. The van der Waals surface area contributed by atoms with Gasteiger partial charge in [-0.1, -0.05) is 92.4 Å². The molecule has 0 N–H and O–H groups in total. The first-order valence-corrected chi connectivity index (χ1v) is 10.1. The molecule has 4 atom stereocenters. The van der Waals surface area contributed by atoms with E-state index in [1.807, 2.05) is 0 Å². The molecular weight excluding hydrogens is 252 g/mol. The molecule has 21 heavy (non-hydrogen) atoms. The standard InChI is InChI=1S/C21H42/c1-6-8-9-10-11-12-14-20(13-7-2)17(3)16-21-18(4)15-19(21)5/h17-21H,6-16H2,1-5H3. The van der Waals surface area contributed by atoms with Gasteiger partial charge in [0.25, 0.3) is 0 Å². The normalized spacial score (nSPS) is 28.1. The lowest BCUT2D eigenvalue weighted by Crippen LogP contribution is -2.35. The van der Waals surface area contributed by atoms with Crippen molar-refractivity contribution in [3.05, 3.63) is 0 Å². The number of unbranched alkanes of at least 4 members (excludes halogenated alkanes) is 5. The van der Waals surface area contributed by atoms with Crippen molar-refractivity contribution in [3.63, 3.8) is 0 Å². The van der Waals surface area contributed by atoms with Gasteiger partial charge in [0.1, 0.15) is 0 Å². The maximum absolute atomic E-state index is 2.55. The lowest BCUT2D eigenvalue weighted by Gasteiger charge is -2.43. The zero-order valence-electron chi connectivity index (χ0n) is 15.7. The summed E-state index contributed by atoms with van der Waals surface area (Å²) in [6, 6.07) is 0. The monoisotopic (exact) mass is 294 g/mol. The third-order valence-corrected chi connectivity index (χ3v) is 6.24. The molecule has 0 aromatic rings. The van der Waals surface area contributed by atoms with E-state index in [1.165, 1.54) is 70.6 Å². The molecule has 0 heteroatoms. The highest BCUT2D eigenvalue weighted by Crippen LogP contribution is 2.45. The molecule has 0 aromatic heterocycles. The Morgan fingerprint density at radius 1 is 0.810 bits per heavy atom. The molecule has 0 aromatic carbocycles. The molecule has 0 radical (unpaired) electrons. The minimum atomic E-state index is 0.954.